The van der Waals surface area contributed by atoms with Gasteiger partial charge in [0.05, 0.1) is 17.9 Å². The number of nitrogens with zero attached hydrogens (tertiary/aromatic N) is 2. The molecule has 0 saturated heterocycles. The molecule has 2 rings (SSSR count). The molecule has 0 aliphatic heterocycles. The summed E-state index contributed by atoms with van der Waals surface area (Å²) in [7, 11) is 1.59. The second-order valence-electron chi connectivity index (χ2n) is 2.85. The Bertz CT molecular complexity index is 474. The third-order valence-corrected chi connectivity index (χ3v) is 2.10. The molecule has 1 aromatic heterocycles. The van der Waals surface area contributed by atoms with Crippen LogP contribution in [0, 0.1) is 0 Å². The zero-order valence-corrected chi connectivity index (χ0v) is 7.71. The van der Waals surface area contributed by atoms with Gasteiger partial charge in [0.15, 0.2) is 0 Å². The fourth-order valence-electron chi connectivity index (χ4n) is 1.49. The molecule has 0 spiro atoms. The highest BCUT2D eigenvalue weighted by Gasteiger charge is 2.05. The number of oxime groups is 1. The quantitative estimate of drug-likeness (QED) is 0.443. The number of hydrogen-bond donors (Lipinski definition) is 1. The van der Waals surface area contributed by atoms with Crippen LogP contribution in [0.5, 0.6) is 0 Å². The van der Waals surface area contributed by atoms with Gasteiger partial charge >= 0.3 is 0 Å². The molecule has 4 heteroatoms. The lowest BCUT2D eigenvalue weighted by Crippen LogP contribution is -2.02. The van der Waals surface area contributed by atoms with Crippen molar-refractivity contribution >= 4 is 17.1 Å². The van der Waals surface area contributed by atoms with Crippen molar-refractivity contribution in [3.05, 3.63) is 36.0 Å². The van der Waals surface area contributed by atoms with E-state index in [1.54, 1.807) is 18.0 Å². The van der Waals surface area contributed by atoms with Gasteiger partial charge in [0.25, 0.3) is 0 Å². The minimum atomic E-state index is 0.824. The number of rotatable bonds is 2. The first kappa shape index (κ1) is 8.62. The summed E-state index contributed by atoms with van der Waals surface area (Å²) < 4.78 is 1.63. The Labute approximate surface area is 81.0 Å². The Morgan fingerprint density at radius 1 is 1.43 bits per heavy atom. The summed E-state index contributed by atoms with van der Waals surface area (Å²) in [5, 5.41) is 12.5. The molecule has 0 radical (unpaired) electrons. The van der Waals surface area contributed by atoms with Crippen LogP contribution in [0.15, 0.2) is 35.6 Å². The molecule has 1 aromatic carbocycles. The molecule has 0 bridgehead atoms. The number of fused-ring (bicyclic) bond motifs is 1. The van der Waals surface area contributed by atoms with Gasteiger partial charge in [-0.2, -0.15) is 4.73 Å². The molecule has 0 aliphatic carbocycles. The standard InChI is InChI=1S/C10H10N2O2/c1-14-12-7-8(6-11-13)9-4-2-3-5-10(9)12/h2-7,13H,1H3/b11-6+. The monoisotopic (exact) mass is 190 g/mol. The molecule has 1 heterocycles. The largest absolute Gasteiger partial charge is 0.417 e. The molecule has 72 valence electrons. The van der Waals surface area contributed by atoms with Crippen LogP contribution in [0.2, 0.25) is 0 Å². The zero-order chi connectivity index (χ0) is 9.97. The highest BCUT2D eigenvalue weighted by molar-refractivity contribution is 5.99. The number of para-hydroxylation sites is 1. The average Bonchev–Trinajstić information content (AvgIpc) is 2.58. The van der Waals surface area contributed by atoms with Crippen LogP contribution in [-0.4, -0.2) is 23.3 Å². The van der Waals surface area contributed by atoms with Crippen LogP contribution in [0.4, 0.5) is 0 Å². The minimum absolute atomic E-state index is 0.824. The predicted molar refractivity (Wildman–Crippen MR) is 53.8 cm³/mol. The van der Waals surface area contributed by atoms with Crippen molar-refractivity contribution < 1.29 is 10.0 Å². The summed E-state index contributed by atoms with van der Waals surface area (Å²) in [4.78, 5) is 5.13. The van der Waals surface area contributed by atoms with Gasteiger partial charge in [-0.1, -0.05) is 23.4 Å². The lowest BCUT2D eigenvalue weighted by Gasteiger charge is -1.99. The molecule has 0 aliphatic rings. The fourth-order valence-corrected chi connectivity index (χ4v) is 1.49. The lowest BCUT2D eigenvalue weighted by molar-refractivity contribution is 0.179. The van der Waals surface area contributed by atoms with E-state index in [-0.39, 0.29) is 0 Å². The van der Waals surface area contributed by atoms with Crippen molar-refractivity contribution in [3.63, 3.8) is 0 Å². The summed E-state index contributed by atoms with van der Waals surface area (Å²) >= 11 is 0. The van der Waals surface area contributed by atoms with E-state index in [9.17, 15) is 0 Å². The van der Waals surface area contributed by atoms with Crippen molar-refractivity contribution in [1.29, 1.82) is 0 Å². The van der Waals surface area contributed by atoms with Crippen molar-refractivity contribution in [3.8, 4) is 0 Å². The van der Waals surface area contributed by atoms with Crippen molar-refractivity contribution in [2.24, 2.45) is 5.16 Å². The summed E-state index contributed by atoms with van der Waals surface area (Å²) in [6.07, 6.45) is 3.16. The van der Waals surface area contributed by atoms with Gasteiger partial charge in [0.2, 0.25) is 0 Å². The summed E-state index contributed by atoms with van der Waals surface area (Å²) in [5.74, 6) is 0. The second kappa shape index (κ2) is 3.41. The van der Waals surface area contributed by atoms with Crippen molar-refractivity contribution in [2.75, 3.05) is 7.11 Å². The highest BCUT2D eigenvalue weighted by Crippen LogP contribution is 2.18. The van der Waals surface area contributed by atoms with Crippen LogP contribution in [0.3, 0.4) is 0 Å². The van der Waals surface area contributed by atoms with Gasteiger partial charge in [-0.05, 0) is 6.07 Å². The molecule has 0 saturated carbocycles. The highest BCUT2D eigenvalue weighted by atomic mass is 16.6. The first-order valence-corrected chi connectivity index (χ1v) is 4.19. The van der Waals surface area contributed by atoms with Gasteiger partial charge in [0, 0.05) is 10.9 Å². The number of hydrogen-bond acceptors (Lipinski definition) is 3. The zero-order valence-electron chi connectivity index (χ0n) is 7.71. The molecule has 4 nitrogen and oxygen atoms in total. The van der Waals surface area contributed by atoms with Crippen molar-refractivity contribution in [2.45, 2.75) is 0 Å². The molecule has 1 N–H and O–H groups in total. The molecule has 0 unspecified atom stereocenters. The first-order valence-electron chi connectivity index (χ1n) is 4.19. The molecule has 0 fully saturated rings. The Hall–Kier alpha value is -1.97. The average molecular weight is 190 g/mol. The van der Waals surface area contributed by atoms with E-state index in [2.05, 4.69) is 5.16 Å². The summed E-state index contributed by atoms with van der Waals surface area (Å²) in [6, 6.07) is 7.74. The van der Waals surface area contributed by atoms with E-state index in [1.165, 1.54) is 6.21 Å². The second-order valence-corrected chi connectivity index (χ2v) is 2.85. The molecule has 2 aromatic rings. The maximum atomic E-state index is 8.48. The van der Waals surface area contributed by atoms with E-state index in [1.807, 2.05) is 24.3 Å². The van der Waals surface area contributed by atoms with Gasteiger partial charge in [0.1, 0.15) is 7.11 Å². The van der Waals surface area contributed by atoms with Crippen LogP contribution in [0.25, 0.3) is 10.9 Å². The number of benzene rings is 1. The molecular weight excluding hydrogens is 180 g/mol. The Morgan fingerprint density at radius 2 is 2.21 bits per heavy atom. The van der Waals surface area contributed by atoms with Crippen LogP contribution in [-0.2, 0) is 0 Å². The summed E-state index contributed by atoms with van der Waals surface area (Å²) in [6.45, 7) is 0. The van der Waals surface area contributed by atoms with Gasteiger partial charge in [-0.25, -0.2) is 0 Å². The Morgan fingerprint density at radius 3 is 2.93 bits per heavy atom. The maximum Gasteiger partial charge on any atom is 0.104 e. The molecule has 0 atom stereocenters. The van der Waals surface area contributed by atoms with E-state index >= 15 is 0 Å². The van der Waals surface area contributed by atoms with Crippen molar-refractivity contribution in [1.82, 2.24) is 4.73 Å². The fraction of sp³-hybridized carbons (Fsp3) is 0.100. The minimum Gasteiger partial charge on any atom is -0.417 e. The molecule has 0 amide bonds. The topological polar surface area (TPSA) is 46.8 Å². The van der Waals surface area contributed by atoms with E-state index in [0.717, 1.165) is 16.5 Å². The van der Waals surface area contributed by atoms with Gasteiger partial charge in [-0.15, -0.1) is 0 Å². The van der Waals surface area contributed by atoms with Gasteiger partial charge < -0.3 is 10.0 Å². The van der Waals surface area contributed by atoms with E-state index < -0.39 is 0 Å². The lowest BCUT2D eigenvalue weighted by atomic mass is 10.2. The Balaban J connectivity index is 2.73. The first-order chi connectivity index (χ1) is 6.86. The van der Waals surface area contributed by atoms with Crippen LogP contribution < -0.4 is 4.84 Å². The predicted octanol–water partition coefficient (Wildman–Crippen LogP) is 1.51. The molecular formula is C10H10N2O2. The smallest absolute Gasteiger partial charge is 0.104 e. The van der Waals surface area contributed by atoms with Crippen LogP contribution in [0.1, 0.15) is 5.56 Å². The maximum absolute atomic E-state index is 8.48. The van der Waals surface area contributed by atoms with Crippen LogP contribution >= 0.6 is 0 Å². The summed E-state index contributed by atoms with van der Waals surface area (Å²) in [5.41, 5.74) is 1.77. The molecule has 14 heavy (non-hydrogen) atoms. The number of aromatic nitrogens is 1. The third-order valence-electron chi connectivity index (χ3n) is 2.10. The third kappa shape index (κ3) is 1.21. The normalized spacial score (nSPS) is 11.2. The van der Waals surface area contributed by atoms with E-state index in [0.29, 0.717) is 0 Å². The van der Waals surface area contributed by atoms with Gasteiger partial charge in [-0.3, -0.25) is 0 Å². The SMILES string of the molecule is COn1cc(/C=N/O)c2ccccc21. The Kier molecular flexibility index (Phi) is 2.10. The van der Waals surface area contributed by atoms with E-state index in [4.69, 9.17) is 10.0 Å².